The van der Waals surface area contributed by atoms with E-state index >= 15 is 0 Å². The van der Waals surface area contributed by atoms with Crippen LogP contribution in [0.15, 0.2) is 12.4 Å². The van der Waals surface area contributed by atoms with Crippen LogP contribution in [0.2, 0.25) is 0 Å². The van der Waals surface area contributed by atoms with Crippen LogP contribution in [0, 0.1) is 11.3 Å². The molecule has 0 aliphatic carbocycles. The van der Waals surface area contributed by atoms with Crippen LogP contribution in [-0.4, -0.2) is 46.5 Å². The summed E-state index contributed by atoms with van der Waals surface area (Å²) in [5.74, 6) is 1.12. The van der Waals surface area contributed by atoms with Gasteiger partial charge in [0.15, 0.2) is 5.69 Å². The molecule has 0 bridgehead atoms. The van der Waals surface area contributed by atoms with Gasteiger partial charge in [0.25, 0.3) is 0 Å². The molecule has 2 saturated heterocycles. The zero-order valence-corrected chi connectivity index (χ0v) is 11.3. The van der Waals surface area contributed by atoms with Gasteiger partial charge in [0.1, 0.15) is 11.9 Å². The number of hydrogen-bond donors (Lipinski definition) is 0. The van der Waals surface area contributed by atoms with E-state index in [4.69, 9.17) is 5.26 Å². The maximum atomic E-state index is 11.8. The molecule has 0 saturated carbocycles. The summed E-state index contributed by atoms with van der Waals surface area (Å²) in [5.41, 5.74) is 0.339. The predicted molar refractivity (Wildman–Crippen MR) is 72.9 cm³/mol. The second kappa shape index (κ2) is 5.45. The first kappa shape index (κ1) is 12.9. The third-order valence-electron chi connectivity index (χ3n) is 4.09. The minimum Gasteiger partial charge on any atom is -0.355 e. The Morgan fingerprint density at radius 1 is 1.20 bits per heavy atom. The first-order valence-corrected chi connectivity index (χ1v) is 7.04. The summed E-state index contributed by atoms with van der Waals surface area (Å²) in [6, 6.07) is 2.35. The van der Waals surface area contributed by atoms with Crippen LogP contribution >= 0.6 is 0 Å². The molecule has 1 aromatic heterocycles. The third kappa shape index (κ3) is 2.44. The molecule has 2 fully saturated rings. The lowest BCUT2D eigenvalue weighted by molar-refractivity contribution is -0.130. The van der Waals surface area contributed by atoms with Crippen molar-refractivity contribution >= 4 is 11.7 Å². The average molecular weight is 271 g/mol. The lowest BCUT2D eigenvalue weighted by Gasteiger charge is -2.37. The summed E-state index contributed by atoms with van der Waals surface area (Å²) >= 11 is 0. The highest BCUT2D eigenvalue weighted by atomic mass is 16.2. The van der Waals surface area contributed by atoms with Crippen molar-refractivity contribution in [2.24, 2.45) is 0 Å². The molecular weight excluding hydrogens is 254 g/mol. The molecule has 0 aromatic carbocycles. The zero-order valence-electron chi connectivity index (χ0n) is 11.3. The number of rotatable bonds is 2. The van der Waals surface area contributed by atoms with Crippen molar-refractivity contribution in [1.82, 2.24) is 14.9 Å². The van der Waals surface area contributed by atoms with Crippen molar-refractivity contribution in [2.75, 3.05) is 24.5 Å². The fourth-order valence-electron chi connectivity index (χ4n) is 3.00. The Morgan fingerprint density at radius 2 is 2.00 bits per heavy atom. The summed E-state index contributed by atoms with van der Waals surface area (Å²) in [4.78, 5) is 24.3. The number of anilines is 1. The first-order valence-electron chi connectivity index (χ1n) is 7.04. The predicted octanol–water partition coefficient (Wildman–Crippen LogP) is 0.939. The van der Waals surface area contributed by atoms with Gasteiger partial charge in [0.2, 0.25) is 5.91 Å². The maximum absolute atomic E-state index is 11.8. The molecule has 1 amide bonds. The molecule has 0 spiro atoms. The summed E-state index contributed by atoms with van der Waals surface area (Å²) in [5, 5.41) is 8.72. The van der Waals surface area contributed by atoms with Crippen LogP contribution < -0.4 is 4.90 Å². The van der Waals surface area contributed by atoms with Gasteiger partial charge in [-0.15, -0.1) is 0 Å². The number of amides is 1. The highest BCUT2D eigenvalue weighted by molar-refractivity contribution is 5.78. The summed E-state index contributed by atoms with van der Waals surface area (Å²) in [6.45, 7) is 2.68. The van der Waals surface area contributed by atoms with Gasteiger partial charge in [-0.1, -0.05) is 0 Å². The third-order valence-corrected chi connectivity index (χ3v) is 4.09. The van der Waals surface area contributed by atoms with E-state index in [0.717, 1.165) is 44.7 Å². The number of hydrogen-bond acceptors (Lipinski definition) is 5. The van der Waals surface area contributed by atoms with Gasteiger partial charge in [0, 0.05) is 32.1 Å². The van der Waals surface area contributed by atoms with Gasteiger partial charge < -0.3 is 9.80 Å². The Morgan fingerprint density at radius 3 is 2.55 bits per heavy atom. The van der Waals surface area contributed by atoms with E-state index in [9.17, 15) is 4.79 Å². The first-order chi connectivity index (χ1) is 9.78. The number of nitrogens with zero attached hydrogens (tertiary/aromatic N) is 5. The molecule has 2 aliphatic heterocycles. The van der Waals surface area contributed by atoms with Gasteiger partial charge in [-0.25, -0.2) is 9.97 Å². The van der Waals surface area contributed by atoms with E-state index in [0.29, 0.717) is 24.1 Å². The summed E-state index contributed by atoms with van der Waals surface area (Å²) in [7, 11) is 0. The second-order valence-electron chi connectivity index (χ2n) is 5.28. The lowest BCUT2D eigenvalue weighted by atomic mass is 10.0. The largest absolute Gasteiger partial charge is 0.355 e. The molecule has 3 rings (SSSR count). The molecular formula is C14H17N5O. The number of likely N-dealkylation sites (tertiary alicyclic amines) is 1. The van der Waals surface area contributed by atoms with Crippen LogP contribution in [0.25, 0.3) is 0 Å². The zero-order chi connectivity index (χ0) is 13.9. The Bertz CT molecular complexity index is 527. The fraction of sp³-hybridized carbons (Fsp3) is 0.571. The van der Waals surface area contributed by atoms with Crippen LogP contribution in [-0.2, 0) is 4.79 Å². The van der Waals surface area contributed by atoms with E-state index in [1.807, 2.05) is 11.0 Å². The van der Waals surface area contributed by atoms with Gasteiger partial charge in [0.05, 0.1) is 12.4 Å². The van der Waals surface area contributed by atoms with Crippen molar-refractivity contribution in [1.29, 1.82) is 5.26 Å². The Hall–Kier alpha value is -2.16. The maximum Gasteiger partial charge on any atom is 0.222 e. The van der Waals surface area contributed by atoms with Crippen LogP contribution in [0.4, 0.5) is 5.82 Å². The number of carbonyl (C=O) groups excluding carboxylic acids is 1. The number of carbonyl (C=O) groups is 1. The minimum absolute atomic E-state index is 0.307. The molecule has 2 aliphatic rings. The molecule has 3 heterocycles. The molecule has 0 radical (unpaired) electrons. The average Bonchev–Trinajstić information content (AvgIpc) is 2.94. The van der Waals surface area contributed by atoms with Gasteiger partial charge in [-0.2, -0.15) is 5.26 Å². The normalized spacial score (nSPS) is 20.2. The van der Waals surface area contributed by atoms with E-state index in [1.165, 1.54) is 6.20 Å². The fourth-order valence-corrected chi connectivity index (χ4v) is 3.00. The van der Waals surface area contributed by atoms with Crippen molar-refractivity contribution in [3.8, 4) is 6.07 Å². The highest BCUT2D eigenvalue weighted by Gasteiger charge is 2.30. The molecule has 20 heavy (non-hydrogen) atoms. The molecule has 0 atom stereocenters. The SMILES string of the molecule is N#Cc1cnc(N2CCC(N3CCCC3=O)CC2)cn1. The molecule has 6 heteroatoms. The molecule has 6 nitrogen and oxygen atoms in total. The smallest absolute Gasteiger partial charge is 0.222 e. The van der Waals surface area contributed by atoms with E-state index in [-0.39, 0.29) is 0 Å². The number of aromatic nitrogens is 2. The topological polar surface area (TPSA) is 73.1 Å². The quantitative estimate of drug-likeness (QED) is 0.800. The van der Waals surface area contributed by atoms with E-state index < -0.39 is 0 Å². The van der Waals surface area contributed by atoms with E-state index in [1.54, 1.807) is 6.20 Å². The highest BCUT2D eigenvalue weighted by Crippen LogP contribution is 2.24. The van der Waals surface area contributed by atoms with Crippen molar-refractivity contribution in [3.63, 3.8) is 0 Å². The van der Waals surface area contributed by atoms with Crippen molar-refractivity contribution in [3.05, 3.63) is 18.1 Å². The standard InChI is InChI=1S/C14H17N5O/c15-8-11-9-17-13(10-16-11)18-6-3-12(4-7-18)19-5-1-2-14(19)20/h9-10,12H,1-7H2. The number of nitriles is 1. The summed E-state index contributed by atoms with van der Waals surface area (Å²) < 4.78 is 0. The molecule has 0 N–H and O–H groups in total. The second-order valence-corrected chi connectivity index (χ2v) is 5.28. The van der Waals surface area contributed by atoms with Crippen molar-refractivity contribution < 1.29 is 4.79 Å². The summed E-state index contributed by atoms with van der Waals surface area (Å²) in [6.07, 6.45) is 6.83. The van der Waals surface area contributed by atoms with E-state index in [2.05, 4.69) is 14.9 Å². The minimum atomic E-state index is 0.307. The van der Waals surface area contributed by atoms with Crippen molar-refractivity contribution in [2.45, 2.75) is 31.7 Å². The lowest BCUT2D eigenvalue weighted by Crippen LogP contribution is -2.45. The molecule has 104 valence electrons. The number of piperidine rings is 1. The van der Waals surface area contributed by atoms with Gasteiger partial charge >= 0.3 is 0 Å². The van der Waals surface area contributed by atoms with Gasteiger partial charge in [-0.05, 0) is 19.3 Å². The Labute approximate surface area is 118 Å². The Balaban J connectivity index is 1.60. The van der Waals surface area contributed by atoms with Crippen LogP contribution in [0.3, 0.4) is 0 Å². The van der Waals surface area contributed by atoms with Crippen LogP contribution in [0.1, 0.15) is 31.4 Å². The Kier molecular flexibility index (Phi) is 3.50. The molecule has 0 unspecified atom stereocenters. The molecule has 1 aromatic rings. The van der Waals surface area contributed by atoms with Gasteiger partial charge in [-0.3, -0.25) is 4.79 Å². The monoisotopic (exact) mass is 271 g/mol. The van der Waals surface area contributed by atoms with Crippen LogP contribution in [0.5, 0.6) is 0 Å².